The minimum atomic E-state index is -0.270. The number of aromatic nitrogens is 2. The summed E-state index contributed by atoms with van der Waals surface area (Å²) in [6.07, 6.45) is 0. The molecule has 0 spiro atoms. The number of fused-ring (bicyclic) bond motifs is 1. The van der Waals surface area contributed by atoms with Crippen molar-refractivity contribution in [3.8, 4) is 22.4 Å². The Bertz CT molecular complexity index is 1510. The summed E-state index contributed by atoms with van der Waals surface area (Å²) < 4.78 is 1.67. The predicted octanol–water partition coefficient (Wildman–Crippen LogP) is 7.61. The van der Waals surface area contributed by atoms with Crippen LogP contribution in [0.25, 0.3) is 33.4 Å². The second-order valence-electron chi connectivity index (χ2n) is 8.88. The summed E-state index contributed by atoms with van der Waals surface area (Å²) in [5.41, 5.74) is 4.08. The van der Waals surface area contributed by atoms with Gasteiger partial charge in [-0.2, -0.15) is 0 Å². The summed E-state index contributed by atoms with van der Waals surface area (Å²) in [4.78, 5) is 30.5. The fraction of sp³-hybridized carbons (Fsp3) is 0.222. The fourth-order valence-corrected chi connectivity index (χ4v) is 4.73. The molecule has 0 aliphatic carbocycles. The van der Waals surface area contributed by atoms with Gasteiger partial charge in [-0.15, -0.1) is 0 Å². The molecule has 0 bridgehead atoms. The van der Waals surface area contributed by atoms with Gasteiger partial charge in [-0.1, -0.05) is 60.8 Å². The molecule has 4 aromatic rings. The van der Waals surface area contributed by atoms with Crippen molar-refractivity contribution in [2.24, 2.45) is 5.92 Å². The zero-order valence-electron chi connectivity index (χ0n) is 19.7. The first-order chi connectivity index (χ1) is 16.6. The van der Waals surface area contributed by atoms with E-state index >= 15 is 0 Å². The fourth-order valence-electron chi connectivity index (χ4n) is 4.11. The number of pyridine rings is 2. The average Bonchev–Trinajstić information content (AvgIpc) is 2.79. The van der Waals surface area contributed by atoms with Gasteiger partial charge >= 0.3 is 0 Å². The zero-order chi connectivity index (χ0) is 25.4. The van der Waals surface area contributed by atoms with Gasteiger partial charge in [-0.3, -0.25) is 14.2 Å². The number of hydrogen-bond donors (Lipinski definition) is 1. The van der Waals surface area contributed by atoms with Gasteiger partial charge in [0.1, 0.15) is 5.65 Å². The molecule has 5 nitrogen and oxygen atoms in total. The quantitative estimate of drug-likeness (QED) is 0.290. The van der Waals surface area contributed by atoms with Crippen molar-refractivity contribution in [1.29, 1.82) is 0 Å². The first kappa shape index (κ1) is 25.2. The Morgan fingerprint density at radius 2 is 1.66 bits per heavy atom. The predicted molar refractivity (Wildman–Crippen MR) is 146 cm³/mol. The molecule has 0 radical (unpaired) electrons. The lowest BCUT2D eigenvalue weighted by molar-refractivity contribution is -0.114. The van der Waals surface area contributed by atoms with E-state index in [1.165, 1.54) is 6.92 Å². The number of nitrogens with zero attached hydrogens (tertiary/aromatic N) is 2. The summed E-state index contributed by atoms with van der Waals surface area (Å²) in [7, 11) is 0. The molecule has 0 saturated heterocycles. The molecule has 1 amide bonds. The molecule has 0 atom stereocenters. The van der Waals surface area contributed by atoms with Crippen molar-refractivity contribution >= 4 is 57.4 Å². The van der Waals surface area contributed by atoms with Crippen LogP contribution in [0.3, 0.4) is 0 Å². The topological polar surface area (TPSA) is 64.0 Å². The van der Waals surface area contributed by atoms with E-state index in [0.717, 1.165) is 11.1 Å². The Balaban J connectivity index is 2.18. The first-order valence-corrected chi connectivity index (χ1v) is 12.3. The number of anilines is 1. The number of carbonyl (C=O) groups excluding carboxylic acids is 1. The molecule has 2 heterocycles. The van der Waals surface area contributed by atoms with E-state index in [4.69, 9.17) is 39.8 Å². The van der Waals surface area contributed by atoms with Gasteiger partial charge in [-0.25, -0.2) is 4.98 Å². The number of rotatable bonds is 5. The van der Waals surface area contributed by atoms with E-state index in [1.54, 1.807) is 35.8 Å². The lowest BCUT2D eigenvalue weighted by Gasteiger charge is -2.20. The smallest absolute Gasteiger partial charge is 0.257 e. The zero-order valence-corrected chi connectivity index (χ0v) is 22.0. The monoisotopic (exact) mass is 527 g/mol. The maximum absolute atomic E-state index is 13.4. The van der Waals surface area contributed by atoms with Crippen LogP contribution in [0.1, 0.15) is 26.3 Å². The van der Waals surface area contributed by atoms with Crippen LogP contribution in [0.2, 0.25) is 15.1 Å². The van der Waals surface area contributed by atoms with Gasteiger partial charge < -0.3 is 5.32 Å². The Labute approximate surface area is 218 Å². The molecule has 180 valence electrons. The molecule has 2 aromatic heterocycles. The van der Waals surface area contributed by atoms with Gasteiger partial charge in [0.2, 0.25) is 5.91 Å². The third-order valence-corrected chi connectivity index (χ3v) is 6.46. The number of hydrogen-bond acceptors (Lipinski definition) is 3. The van der Waals surface area contributed by atoms with Gasteiger partial charge in [0, 0.05) is 45.6 Å². The van der Waals surface area contributed by atoms with Crippen molar-refractivity contribution in [3.05, 3.63) is 79.5 Å². The van der Waals surface area contributed by atoms with Crippen molar-refractivity contribution in [1.82, 2.24) is 9.55 Å². The summed E-state index contributed by atoms with van der Waals surface area (Å²) in [5, 5.41) is 5.06. The summed E-state index contributed by atoms with van der Waals surface area (Å²) >= 11 is 18.9. The summed E-state index contributed by atoms with van der Waals surface area (Å²) in [5.74, 6) is -0.0736. The third kappa shape index (κ3) is 5.08. The van der Waals surface area contributed by atoms with Gasteiger partial charge in [-0.05, 0) is 54.8 Å². The molecule has 0 unspecified atom stereocenters. The molecule has 4 rings (SSSR count). The number of nitrogens with one attached hydrogen (secondary N) is 1. The first-order valence-electron chi connectivity index (χ1n) is 11.1. The van der Waals surface area contributed by atoms with Crippen molar-refractivity contribution < 1.29 is 4.79 Å². The molecular weight excluding hydrogens is 505 g/mol. The SMILES string of the molecule is CC(=O)Nc1c(C)c(=O)n(CC(C)C)c2nc(-c3ccc(Cl)cc3Cl)c(-c3ccc(Cl)cc3)cc12. The Hall–Kier alpha value is -2.86. The van der Waals surface area contributed by atoms with E-state index in [-0.39, 0.29) is 17.4 Å². The Kier molecular flexibility index (Phi) is 7.22. The van der Waals surface area contributed by atoms with Gasteiger partial charge in [0.25, 0.3) is 5.56 Å². The van der Waals surface area contributed by atoms with Crippen LogP contribution in [0, 0.1) is 12.8 Å². The second kappa shape index (κ2) is 10.0. The molecule has 0 saturated carbocycles. The summed E-state index contributed by atoms with van der Waals surface area (Å²) in [6, 6.07) is 14.6. The second-order valence-corrected chi connectivity index (χ2v) is 10.2. The van der Waals surface area contributed by atoms with Crippen LogP contribution in [-0.2, 0) is 11.3 Å². The van der Waals surface area contributed by atoms with E-state index in [0.29, 0.717) is 55.2 Å². The van der Waals surface area contributed by atoms with E-state index in [9.17, 15) is 9.59 Å². The summed E-state index contributed by atoms with van der Waals surface area (Å²) in [6.45, 7) is 7.68. The van der Waals surface area contributed by atoms with Crippen molar-refractivity contribution in [2.45, 2.75) is 34.2 Å². The minimum absolute atomic E-state index is 0.197. The molecule has 1 N–H and O–H groups in total. The van der Waals surface area contributed by atoms with Gasteiger partial charge in [0.15, 0.2) is 0 Å². The molecule has 35 heavy (non-hydrogen) atoms. The van der Waals surface area contributed by atoms with Crippen LogP contribution < -0.4 is 10.9 Å². The lowest BCUT2D eigenvalue weighted by Crippen LogP contribution is -2.27. The van der Waals surface area contributed by atoms with Crippen molar-refractivity contribution in [2.75, 3.05) is 5.32 Å². The highest BCUT2D eigenvalue weighted by molar-refractivity contribution is 6.36. The lowest BCUT2D eigenvalue weighted by atomic mass is 9.97. The maximum atomic E-state index is 13.4. The highest BCUT2D eigenvalue weighted by Crippen LogP contribution is 2.39. The third-order valence-electron chi connectivity index (χ3n) is 5.66. The van der Waals surface area contributed by atoms with E-state index in [1.807, 2.05) is 38.1 Å². The van der Waals surface area contributed by atoms with E-state index < -0.39 is 0 Å². The van der Waals surface area contributed by atoms with Crippen LogP contribution in [0.15, 0.2) is 53.3 Å². The number of halogens is 3. The van der Waals surface area contributed by atoms with Crippen LogP contribution in [0.5, 0.6) is 0 Å². The molecule has 0 aliphatic rings. The molecule has 0 fully saturated rings. The number of amides is 1. The maximum Gasteiger partial charge on any atom is 0.257 e. The Morgan fingerprint density at radius 1 is 1.00 bits per heavy atom. The number of carbonyl (C=O) groups is 1. The number of benzene rings is 2. The molecule has 8 heteroatoms. The van der Waals surface area contributed by atoms with Crippen LogP contribution >= 0.6 is 34.8 Å². The highest BCUT2D eigenvalue weighted by atomic mass is 35.5. The van der Waals surface area contributed by atoms with Crippen molar-refractivity contribution in [3.63, 3.8) is 0 Å². The normalized spacial score (nSPS) is 11.3. The molecule has 0 aliphatic heterocycles. The standard InChI is InChI=1S/C27H24Cl3N3O2/c1-14(2)13-33-26-22(24(31-16(4)34)15(3)27(33)35)12-21(17-5-7-18(28)8-6-17)25(32-26)20-10-9-19(29)11-23(20)30/h5-12,14H,13H2,1-4H3,(H,31,34). The van der Waals surface area contributed by atoms with Crippen LogP contribution in [-0.4, -0.2) is 15.5 Å². The minimum Gasteiger partial charge on any atom is -0.325 e. The highest BCUT2D eigenvalue weighted by Gasteiger charge is 2.21. The largest absolute Gasteiger partial charge is 0.325 e. The van der Waals surface area contributed by atoms with Gasteiger partial charge in [0.05, 0.1) is 16.4 Å². The van der Waals surface area contributed by atoms with Crippen LogP contribution in [0.4, 0.5) is 5.69 Å². The Morgan fingerprint density at radius 3 is 2.26 bits per heavy atom. The van der Waals surface area contributed by atoms with E-state index in [2.05, 4.69) is 5.32 Å². The molecule has 2 aromatic carbocycles. The molecular formula is C27H24Cl3N3O2. The average molecular weight is 529 g/mol.